The lowest BCUT2D eigenvalue weighted by atomic mass is 10.7. The van der Waals surface area contributed by atoms with Crippen molar-refractivity contribution in [3.63, 3.8) is 0 Å². The lowest BCUT2D eigenvalue weighted by Crippen LogP contribution is -2.01. The molecule has 1 rings (SSSR count). The van der Waals surface area contributed by atoms with E-state index in [1.54, 1.807) is 17.9 Å². The molecule has 1 heterocycles. The molecule has 0 fully saturated rings. The average Bonchev–Trinajstić information content (AvgIpc) is 1.85. The first kappa shape index (κ1) is 5.62. The molecule has 0 saturated carbocycles. The molecule has 3 nitrogen and oxygen atoms in total. The largest absolute Gasteiger partial charge is 0.294 e. The second kappa shape index (κ2) is 1.78. The van der Waals surface area contributed by atoms with Gasteiger partial charge in [-0.1, -0.05) is 0 Å². The zero-order chi connectivity index (χ0) is 6.15. The van der Waals surface area contributed by atoms with Gasteiger partial charge in [-0.05, 0) is 15.9 Å². The monoisotopic (exact) mass is 176 g/mol. The fourth-order valence-corrected chi connectivity index (χ4v) is 0.870. The molecule has 0 radical (unpaired) electrons. The standard InChI is InChI=1S/C4H5BrN2O/c1-7-2-3(5)4(8)6-7/h2H,1H3,(H,6,8). The van der Waals surface area contributed by atoms with Crippen molar-refractivity contribution in [1.82, 2.24) is 9.78 Å². The van der Waals surface area contributed by atoms with Crippen LogP contribution in [0.3, 0.4) is 0 Å². The number of nitrogens with one attached hydrogen (secondary N) is 1. The van der Waals surface area contributed by atoms with Gasteiger partial charge in [0.25, 0.3) is 5.56 Å². The van der Waals surface area contributed by atoms with Crippen molar-refractivity contribution in [2.45, 2.75) is 0 Å². The second-order valence-electron chi connectivity index (χ2n) is 1.53. The van der Waals surface area contributed by atoms with E-state index in [0.717, 1.165) is 0 Å². The summed E-state index contributed by atoms with van der Waals surface area (Å²) in [5.41, 5.74) is -0.0903. The third-order valence-electron chi connectivity index (χ3n) is 0.802. The van der Waals surface area contributed by atoms with Crippen molar-refractivity contribution >= 4 is 15.9 Å². The Morgan fingerprint density at radius 2 is 2.50 bits per heavy atom. The van der Waals surface area contributed by atoms with Crippen LogP contribution < -0.4 is 5.56 Å². The van der Waals surface area contributed by atoms with Crippen molar-refractivity contribution in [2.75, 3.05) is 0 Å². The molecular formula is C4H5BrN2O. The SMILES string of the molecule is Cn1cc(Br)c(=O)[nH]1. The summed E-state index contributed by atoms with van der Waals surface area (Å²) in [4.78, 5) is 10.5. The van der Waals surface area contributed by atoms with Crippen LogP contribution in [-0.2, 0) is 7.05 Å². The lowest BCUT2D eigenvalue weighted by molar-refractivity contribution is 0.756. The molecule has 4 heteroatoms. The number of hydrogen-bond acceptors (Lipinski definition) is 1. The van der Waals surface area contributed by atoms with Crippen molar-refractivity contribution in [1.29, 1.82) is 0 Å². The fraction of sp³-hybridized carbons (Fsp3) is 0.250. The number of hydrogen-bond donors (Lipinski definition) is 1. The zero-order valence-corrected chi connectivity index (χ0v) is 5.90. The summed E-state index contributed by atoms with van der Waals surface area (Å²) in [7, 11) is 1.76. The predicted octanol–water partition coefficient (Wildman–Crippen LogP) is 0.476. The van der Waals surface area contributed by atoms with Gasteiger partial charge in [0.1, 0.15) is 4.47 Å². The van der Waals surface area contributed by atoms with E-state index < -0.39 is 0 Å². The highest BCUT2D eigenvalue weighted by atomic mass is 79.9. The number of aromatic nitrogens is 2. The molecular weight excluding hydrogens is 172 g/mol. The van der Waals surface area contributed by atoms with Crippen LogP contribution in [-0.4, -0.2) is 9.78 Å². The van der Waals surface area contributed by atoms with E-state index >= 15 is 0 Å². The van der Waals surface area contributed by atoms with E-state index in [2.05, 4.69) is 21.0 Å². The van der Waals surface area contributed by atoms with Crippen LogP contribution in [0.2, 0.25) is 0 Å². The second-order valence-corrected chi connectivity index (χ2v) is 2.38. The van der Waals surface area contributed by atoms with Gasteiger partial charge < -0.3 is 0 Å². The molecule has 0 unspecified atom stereocenters. The molecule has 0 spiro atoms. The van der Waals surface area contributed by atoms with Crippen molar-refractivity contribution in [3.05, 3.63) is 21.0 Å². The molecule has 1 aromatic rings. The van der Waals surface area contributed by atoms with Gasteiger partial charge in [0, 0.05) is 13.2 Å². The van der Waals surface area contributed by atoms with Crippen molar-refractivity contribution < 1.29 is 0 Å². The highest BCUT2D eigenvalue weighted by molar-refractivity contribution is 9.10. The maximum absolute atomic E-state index is 10.5. The molecule has 0 aliphatic heterocycles. The first-order valence-electron chi connectivity index (χ1n) is 2.11. The van der Waals surface area contributed by atoms with E-state index in [9.17, 15) is 4.79 Å². The molecule has 0 bridgehead atoms. The van der Waals surface area contributed by atoms with Gasteiger partial charge in [-0.25, -0.2) is 0 Å². The lowest BCUT2D eigenvalue weighted by Gasteiger charge is -1.80. The maximum Gasteiger partial charge on any atom is 0.278 e. The van der Waals surface area contributed by atoms with E-state index in [-0.39, 0.29) is 5.56 Å². The minimum Gasteiger partial charge on any atom is -0.294 e. The quantitative estimate of drug-likeness (QED) is 0.614. The molecule has 0 aliphatic carbocycles. The summed E-state index contributed by atoms with van der Waals surface area (Å²) in [5.74, 6) is 0. The minimum absolute atomic E-state index is 0.0903. The highest BCUT2D eigenvalue weighted by Crippen LogP contribution is 1.97. The molecule has 0 saturated heterocycles. The van der Waals surface area contributed by atoms with Crippen LogP contribution in [0.4, 0.5) is 0 Å². The van der Waals surface area contributed by atoms with Gasteiger partial charge in [0.2, 0.25) is 0 Å². The van der Waals surface area contributed by atoms with Gasteiger partial charge in [-0.2, -0.15) is 0 Å². The Bertz CT molecular complexity index is 236. The topological polar surface area (TPSA) is 37.8 Å². The van der Waals surface area contributed by atoms with Crippen LogP contribution in [0.1, 0.15) is 0 Å². The summed E-state index contributed by atoms with van der Waals surface area (Å²) in [6.07, 6.45) is 1.67. The number of aromatic amines is 1. The molecule has 0 aliphatic rings. The van der Waals surface area contributed by atoms with Crippen LogP contribution in [0.25, 0.3) is 0 Å². The normalized spacial score (nSPS) is 9.75. The Labute approximate surface area is 54.4 Å². The van der Waals surface area contributed by atoms with Gasteiger partial charge in [-0.15, -0.1) is 0 Å². The summed E-state index contributed by atoms with van der Waals surface area (Å²) in [6, 6.07) is 0. The molecule has 8 heavy (non-hydrogen) atoms. The molecule has 0 atom stereocenters. The van der Waals surface area contributed by atoms with Crippen LogP contribution in [0.5, 0.6) is 0 Å². The van der Waals surface area contributed by atoms with Crippen LogP contribution in [0, 0.1) is 0 Å². The zero-order valence-electron chi connectivity index (χ0n) is 4.31. The fourth-order valence-electron chi connectivity index (χ4n) is 0.474. The maximum atomic E-state index is 10.5. The Kier molecular flexibility index (Phi) is 1.25. The third kappa shape index (κ3) is 0.838. The van der Waals surface area contributed by atoms with E-state index in [1.165, 1.54) is 0 Å². The number of halogens is 1. The van der Waals surface area contributed by atoms with Gasteiger partial charge >= 0.3 is 0 Å². The first-order valence-corrected chi connectivity index (χ1v) is 2.90. The number of H-pyrrole nitrogens is 1. The Morgan fingerprint density at radius 1 is 1.88 bits per heavy atom. The van der Waals surface area contributed by atoms with Gasteiger partial charge in [0.15, 0.2) is 0 Å². The van der Waals surface area contributed by atoms with Crippen molar-refractivity contribution in [3.8, 4) is 0 Å². The van der Waals surface area contributed by atoms with E-state index in [0.29, 0.717) is 4.47 Å². The van der Waals surface area contributed by atoms with E-state index in [4.69, 9.17) is 0 Å². The summed E-state index contributed by atoms with van der Waals surface area (Å²) in [5, 5.41) is 2.52. The number of nitrogens with zero attached hydrogens (tertiary/aromatic N) is 1. The van der Waals surface area contributed by atoms with Gasteiger partial charge in [-0.3, -0.25) is 14.6 Å². The van der Waals surface area contributed by atoms with Crippen LogP contribution in [0.15, 0.2) is 15.5 Å². The minimum atomic E-state index is -0.0903. The number of aryl methyl sites for hydroxylation is 1. The summed E-state index contributed by atoms with van der Waals surface area (Å²) in [6.45, 7) is 0. The highest BCUT2D eigenvalue weighted by Gasteiger charge is 1.93. The summed E-state index contributed by atoms with van der Waals surface area (Å²) >= 11 is 3.05. The molecule has 0 amide bonds. The first-order chi connectivity index (χ1) is 3.70. The predicted molar refractivity (Wildman–Crippen MR) is 33.7 cm³/mol. The smallest absolute Gasteiger partial charge is 0.278 e. The van der Waals surface area contributed by atoms with Crippen molar-refractivity contribution in [2.24, 2.45) is 7.05 Å². The molecule has 44 valence electrons. The average molecular weight is 177 g/mol. The Balaban J connectivity index is 3.35. The van der Waals surface area contributed by atoms with Gasteiger partial charge in [0.05, 0.1) is 0 Å². The third-order valence-corrected chi connectivity index (χ3v) is 1.37. The molecule has 1 N–H and O–H groups in total. The summed E-state index contributed by atoms with van der Waals surface area (Å²) < 4.78 is 2.16. The number of rotatable bonds is 0. The van der Waals surface area contributed by atoms with Crippen LogP contribution >= 0.6 is 15.9 Å². The molecule has 0 aromatic carbocycles. The Morgan fingerprint density at radius 3 is 2.62 bits per heavy atom. The Hall–Kier alpha value is -0.510. The molecule has 1 aromatic heterocycles. The van der Waals surface area contributed by atoms with E-state index in [1.807, 2.05) is 0 Å².